The molecule has 1 aromatic heterocycles. The van der Waals surface area contributed by atoms with Gasteiger partial charge in [-0.2, -0.15) is 0 Å². The molecule has 2 heterocycles. The largest absolute Gasteiger partial charge is 0.356 e. The first-order chi connectivity index (χ1) is 9.06. The standard InChI is InChI=1S/C13H13N3O3/c1-8(17)15-5-4-11-10-3-2-9(16(18)19)6-12(10)14-13(11)7-15/h2-3,6,14H,4-5,7H2,1H3. The van der Waals surface area contributed by atoms with Crippen molar-refractivity contribution in [3.8, 4) is 0 Å². The summed E-state index contributed by atoms with van der Waals surface area (Å²) in [4.78, 5) is 26.7. The quantitative estimate of drug-likeness (QED) is 0.628. The topological polar surface area (TPSA) is 79.2 Å². The summed E-state index contributed by atoms with van der Waals surface area (Å²) in [5.74, 6) is 0.0512. The Labute approximate surface area is 109 Å². The van der Waals surface area contributed by atoms with Gasteiger partial charge in [0.2, 0.25) is 5.91 Å². The van der Waals surface area contributed by atoms with E-state index in [-0.39, 0.29) is 11.6 Å². The third-order valence-corrected chi connectivity index (χ3v) is 3.61. The van der Waals surface area contributed by atoms with Gasteiger partial charge in [-0.15, -0.1) is 0 Å². The summed E-state index contributed by atoms with van der Waals surface area (Å²) in [6.07, 6.45) is 0.784. The summed E-state index contributed by atoms with van der Waals surface area (Å²) >= 11 is 0. The fraction of sp³-hybridized carbons (Fsp3) is 0.308. The Morgan fingerprint density at radius 2 is 2.26 bits per heavy atom. The summed E-state index contributed by atoms with van der Waals surface area (Å²) < 4.78 is 0. The number of H-pyrrole nitrogens is 1. The van der Waals surface area contributed by atoms with Gasteiger partial charge >= 0.3 is 0 Å². The van der Waals surface area contributed by atoms with Crippen molar-refractivity contribution < 1.29 is 9.72 Å². The van der Waals surface area contributed by atoms with Crippen molar-refractivity contribution in [1.29, 1.82) is 0 Å². The maximum atomic E-state index is 11.4. The van der Waals surface area contributed by atoms with Gasteiger partial charge in [0.25, 0.3) is 5.69 Å². The van der Waals surface area contributed by atoms with E-state index in [0.29, 0.717) is 13.1 Å². The number of aromatic amines is 1. The third-order valence-electron chi connectivity index (χ3n) is 3.61. The number of hydrogen-bond acceptors (Lipinski definition) is 3. The number of amides is 1. The van der Waals surface area contributed by atoms with Gasteiger partial charge in [0, 0.05) is 36.7 Å². The molecule has 1 aliphatic heterocycles. The number of carbonyl (C=O) groups excluding carboxylic acids is 1. The molecule has 1 aliphatic rings. The molecule has 0 bridgehead atoms. The van der Waals surface area contributed by atoms with Crippen LogP contribution in [0.4, 0.5) is 5.69 Å². The van der Waals surface area contributed by atoms with Gasteiger partial charge in [-0.3, -0.25) is 14.9 Å². The monoisotopic (exact) mass is 259 g/mol. The molecule has 1 aromatic carbocycles. The number of nitro benzene ring substituents is 1. The smallest absolute Gasteiger partial charge is 0.271 e. The van der Waals surface area contributed by atoms with Crippen LogP contribution in [0.3, 0.4) is 0 Å². The lowest BCUT2D eigenvalue weighted by atomic mass is 10.0. The second kappa shape index (κ2) is 4.08. The number of rotatable bonds is 1. The number of fused-ring (bicyclic) bond motifs is 3. The summed E-state index contributed by atoms with van der Waals surface area (Å²) in [6.45, 7) is 2.80. The van der Waals surface area contributed by atoms with Crippen molar-refractivity contribution in [1.82, 2.24) is 9.88 Å². The number of aromatic nitrogens is 1. The van der Waals surface area contributed by atoms with E-state index in [9.17, 15) is 14.9 Å². The number of nitrogens with zero attached hydrogens (tertiary/aromatic N) is 2. The lowest BCUT2D eigenvalue weighted by Gasteiger charge is -2.25. The maximum Gasteiger partial charge on any atom is 0.271 e. The number of hydrogen-bond donors (Lipinski definition) is 1. The van der Waals surface area contributed by atoms with E-state index in [1.165, 1.54) is 11.6 Å². The average molecular weight is 259 g/mol. The number of nitro groups is 1. The minimum Gasteiger partial charge on any atom is -0.356 e. The van der Waals surface area contributed by atoms with E-state index < -0.39 is 4.92 Å². The molecular formula is C13H13N3O3. The lowest BCUT2D eigenvalue weighted by molar-refractivity contribution is -0.384. The van der Waals surface area contributed by atoms with Crippen LogP contribution in [0.15, 0.2) is 18.2 Å². The van der Waals surface area contributed by atoms with Crippen molar-refractivity contribution >= 4 is 22.5 Å². The second-order valence-electron chi connectivity index (χ2n) is 4.76. The van der Waals surface area contributed by atoms with Crippen LogP contribution in [0, 0.1) is 10.1 Å². The fourth-order valence-corrected chi connectivity index (χ4v) is 2.62. The summed E-state index contributed by atoms with van der Waals surface area (Å²) in [6, 6.07) is 4.85. The molecule has 0 spiro atoms. The fourth-order valence-electron chi connectivity index (χ4n) is 2.62. The van der Waals surface area contributed by atoms with E-state index in [1.54, 1.807) is 24.0 Å². The molecule has 0 unspecified atom stereocenters. The van der Waals surface area contributed by atoms with Crippen LogP contribution < -0.4 is 0 Å². The van der Waals surface area contributed by atoms with Gasteiger partial charge < -0.3 is 9.88 Å². The van der Waals surface area contributed by atoms with E-state index >= 15 is 0 Å². The van der Waals surface area contributed by atoms with Crippen molar-refractivity contribution in [2.24, 2.45) is 0 Å². The molecule has 3 rings (SSSR count). The molecule has 0 aliphatic carbocycles. The van der Waals surface area contributed by atoms with E-state index in [4.69, 9.17) is 0 Å². The number of carbonyl (C=O) groups is 1. The predicted octanol–water partition coefficient (Wildman–Crippen LogP) is 1.98. The molecule has 6 heteroatoms. The minimum atomic E-state index is -0.402. The molecular weight excluding hydrogens is 246 g/mol. The van der Waals surface area contributed by atoms with Crippen LogP contribution in [0.1, 0.15) is 18.2 Å². The highest BCUT2D eigenvalue weighted by atomic mass is 16.6. The van der Waals surface area contributed by atoms with Crippen LogP contribution in [-0.2, 0) is 17.8 Å². The van der Waals surface area contributed by atoms with Gasteiger partial charge in [0.05, 0.1) is 17.0 Å². The minimum absolute atomic E-state index is 0.0512. The first-order valence-corrected chi connectivity index (χ1v) is 6.09. The first-order valence-electron chi connectivity index (χ1n) is 6.09. The Morgan fingerprint density at radius 1 is 1.47 bits per heavy atom. The molecule has 0 radical (unpaired) electrons. The Kier molecular flexibility index (Phi) is 2.51. The van der Waals surface area contributed by atoms with Gasteiger partial charge in [-0.1, -0.05) is 0 Å². The highest BCUT2D eigenvalue weighted by molar-refractivity contribution is 5.87. The summed E-state index contributed by atoms with van der Waals surface area (Å²) in [5, 5.41) is 11.8. The van der Waals surface area contributed by atoms with Crippen LogP contribution in [0.5, 0.6) is 0 Å². The maximum absolute atomic E-state index is 11.4. The zero-order valence-electron chi connectivity index (χ0n) is 10.5. The highest BCUT2D eigenvalue weighted by Gasteiger charge is 2.22. The van der Waals surface area contributed by atoms with Crippen LogP contribution in [0.25, 0.3) is 10.9 Å². The molecule has 6 nitrogen and oxygen atoms in total. The van der Waals surface area contributed by atoms with Crippen molar-refractivity contribution in [3.63, 3.8) is 0 Å². The predicted molar refractivity (Wildman–Crippen MR) is 69.7 cm³/mol. The Bertz CT molecular complexity index is 690. The first kappa shape index (κ1) is 11.7. The van der Waals surface area contributed by atoms with E-state index in [0.717, 1.165) is 23.0 Å². The Balaban J connectivity index is 2.08. The number of non-ortho nitro benzene ring substituents is 1. The second-order valence-corrected chi connectivity index (χ2v) is 4.76. The number of nitrogens with one attached hydrogen (secondary N) is 1. The van der Waals surface area contributed by atoms with Gasteiger partial charge in [0.15, 0.2) is 0 Å². The molecule has 0 atom stereocenters. The molecule has 1 N–H and O–H groups in total. The molecule has 1 amide bonds. The van der Waals surface area contributed by atoms with Gasteiger partial charge in [0.1, 0.15) is 0 Å². The van der Waals surface area contributed by atoms with E-state index in [2.05, 4.69) is 4.98 Å². The highest BCUT2D eigenvalue weighted by Crippen LogP contribution is 2.29. The van der Waals surface area contributed by atoms with Crippen molar-refractivity contribution in [3.05, 3.63) is 39.6 Å². The molecule has 19 heavy (non-hydrogen) atoms. The summed E-state index contributed by atoms with van der Waals surface area (Å²) in [7, 11) is 0. The normalized spacial score (nSPS) is 14.5. The lowest BCUT2D eigenvalue weighted by Crippen LogP contribution is -2.34. The van der Waals surface area contributed by atoms with Gasteiger partial charge in [-0.25, -0.2) is 0 Å². The van der Waals surface area contributed by atoms with Crippen LogP contribution in [-0.4, -0.2) is 27.3 Å². The molecule has 2 aromatic rings. The van der Waals surface area contributed by atoms with Crippen molar-refractivity contribution in [2.45, 2.75) is 19.9 Å². The SMILES string of the molecule is CC(=O)N1CCc2c([nH]c3cc([N+](=O)[O-])ccc23)C1. The Hall–Kier alpha value is -2.37. The van der Waals surface area contributed by atoms with Gasteiger partial charge in [-0.05, 0) is 18.1 Å². The van der Waals surface area contributed by atoms with Crippen LogP contribution >= 0.6 is 0 Å². The Morgan fingerprint density at radius 3 is 2.95 bits per heavy atom. The average Bonchev–Trinajstić information content (AvgIpc) is 2.74. The zero-order valence-corrected chi connectivity index (χ0v) is 10.5. The summed E-state index contributed by atoms with van der Waals surface area (Å²) in [5.41, 5.74) is 3.00. The molecule has 0 saturated heterocycles. The van der Waals surface area contributed by atoms with E-state index in [1.807, 2.05) is 0 Å². The zero-order chi connectivity index (χ0) is 13.6. The molecule has 98 valence electrons. The van der Waals surface area contributed by atoms with Crippen molar-refractivity contribution in [2.75, 3.05) is 6.54 Å². The third kappa shape index (κ3) is 1.85. The molecule has 0 saturated carbocycles. The van der Waals surface area contributed by atoms with Crippen LogP contribution in [0.2, 0.25) is 0 Å². The molecule has 0 fully saturated rings. The number of benzene rings is 1.